The van der Waals surface area contributed by atoms with E-state index in [1.807, 2.05) is 0 Å². The summed E-state index contributed by atoms with van der Waals surface area (Å²) >= 11 is -1.65. The van der Waals surface area contributed by atoms with Crippen LogP contribution in [0.3, 0.4) is 0 Å². The Morgan fingerprint density at radius 2 is 1.79 bits per heavy atom. The zero-order chi connectivity index (χ0) is 14.8. The van der Waals surface area contributed by atoms with Gasteiger partial charge in [0.25, 0.3) is 0 Å². The number of hydrogen-bond acceptors (Lipinski definition) is 2. The summed E-state index contributed by atoms with van der Waals surface area (Å²) in [6.07, 6.45) is -3.69. The molecule has 0 saturated heterocycles. The van der Waals surface area contributed by atoms with Crippen LogP contribution in [0.1, 0.15) is 31.9 Å². The minimum atomic E-state index is -4.56. The van der Waals surface area contributed by atoms with Gasteiger partial charge in [0.05, 0.1) is 11.8 Å². The molecule has 2 nitrogen and oxygen atoms in total. The van der Waals surface area contributed by atoms with Gasteiger partial charge in [0, 0.05) is 5.56 Å². The highest BCUT2D eigenvalue weighted by Gasteiger charge is 2.31. The van der Waals surface area contributed by atoms with Crippen LogP contribution in [0.25, 0.3) is 0 Å². The molecule has 0 aromatic heterocycles. The summed E-state index contributed by atoms with van der Waals surface area (Å²) in [4.78, 5) is 0. The number of hydrogen-bond donors (Lipinski definition) is 0. The summed E-state index contributed by atoms with van der Waals surface area (Å²) in [5.41, 5.74) is -1.32. The average molecular weight is 295 g/mol. The van der Waals surface area contributed by atoms with Crippen LogP contribution >= 0.6 is 0 Å². The van der Waals surface area contributed by atoms with E-state index in [0.717, 1.165) is 6.21 Å². The minimum absolute atomic E-state index is 0.340. The maximum Gasteiger partial charge on any atom is 0.416 e. The van der Waals surface area contributed by atoms with Crippen LogP contribution < -0.4 is 0 Å². The highest BCUT2D eigenvalue weighted by Crippen LogP contribution is 2.30. The van der Waals surface area contributed by atoms with E-state index in [0.29, 0.717) is 18.2 Å². The van der Waals surface area contributed by atoms with E-state index in [-0.39, 0.29) is 5.56 Å². The standard InChI is InChI=1S/C12H13F4NOS/c1-11(2,3)19(18)17-7-8-6-9(12(14,15)16)4-5-10(8)13/h4-7H,1-3H3/b17-7+/t19-/m0/s1. The Labute approximate surface area is 111 Å². The van der Waals surface area contributed by atoms with Crippen molar-refractivity contribution in [3.05, 3.63) is 35.1 Å². The molecule has 0 aliphatic heterocycles. The van der Waals surface area contributed by atoms with Crippen molar-refractivity contribution < 1.29 is 22.1 Å². The fourth-order valence-corrected chi connectivity index (χ4v) is 1.61. The number of halogens is 4. The van der Waals surface area contributed by atoms with Crippen molar-refractivity contribution in [1.29, 1.82) is 0 Å². The lowest BCUT2D eigenvalue weighted by atomic mass is 10.1. The Morgan fingerprint density at radius 3 is 2.26 bits per heavy atom. The van der Waals surface area contributed by atoms with E-state index in [4.69, 9.17) is 0 Å². The molecule has 0 spiro atoms. The van der Waals surface area contributed by atoms with E-state index >= 15 is 0 Å². The van der Waals surface area contributed by atoms with Gasteiger partial charge in [-0.3, -0.25) is 0 Å². The average Bonchev–Trinajstić information content (AvgIpc) is 2.24. The van der Waals surface area contributed by atoms with Crippen molar-refractivity contribution in [3.63, 3.8) is 0 Å². The fourth-order valence-electron chi connectivity index (χ4n) is 1.08. The van der Waals surface area contributed by atoms with Gasteiger partial charge in [0.2, 0.25) is 0 Å². The lowest BCUT2D eigenvalue weighted by Gasteiger charge is -2.17. The van der Waals surface area contributed by atoms with Crippen molar-refractivity contribution >= 4 is 17.6 Å². The van der Waals surface area contributed by atoms with Crippen LogP contribution in [-0.4, -0.2) is 15.5 Å². The lowest BCUT2D eigenvalue weighted by Crippen LogP contribution is -2.25. The molecule has 106 valence electrons. The molecule has 0 saturated carbocycles. The molecule has 0 bridgehead atoms. The summed E-state index contributed by atoms with van der Waals surface area (Å²) in [5, 5.41) is 0. The topological polar surface area (TPSA) is 35.4 Å². The quantitative estimate of drug-likeness (QED) is 0.465. The van der Waals surface area contributed by atoms with Crippen LogP contribution in [0.15, 0.2) is 22.6 Å². The molecule has 0 N–H and O–H groups in total. The number of nitrogens with zero attached hydrogens (tertiary/aromatic N) is 1. The zero-order valence-corrected chi connectivity index (χ0v) is 11.4. The van der Waals surface area contributed by atoms with Crippen molar-refractivity contribution in [2.75, 3.05) is 0 Å². The third kappa shape index (κ3) is 4.50. The van der Waals surface area contributed by atoms with Crippen LogP contribution in [-0.2, 0) is 17.5 Å². The second kappa shape index (κ2) is 5.50. The molecule has 0 unspecified atom stereocenters. The molecule has 1 atom stereocenters. The predicted octanol–water partition coefficient (Wildman–Crippen LogP) is 3.73. The highest BCUT2D eigenvalue weighted by molar-refractivity contribution is 7.91. The van der Waals surface area contributed by atoms with Gasteiger partial charge in [-0.2, -0.15) is 13.2 Å². The summed E-state index contributed by atoms with van der Waals surface area (Å²) in [5.74, 6) is -0.845. The smallest absolute Gasteiger partial charge is 0.416 e. The van der Waals surface area contributed by atoms with E-state index in [2.05, 4.69) is 4.40 Å². The zero-order valence-electron chi connectivity index (χ0n) is 10.6. The molecule has 0 radical (unpaired) electrons. The SMILES string of the molecule is CC(C)(C)[S@+]([O-])/N=C/c1cc(C(F)(F)F)ccc1F. The first-order valence-corrected chi connectivity index (χ1v) is 6.45. The molecular formula is C12H13F4NOS. The van der Waals surface area contributed by atoms with Crippen molar-refractivity contribution in [2.45, 2.75) is 31.7 Å². The largest absolute Gasteiger partial charge is 0.591 e. The van der Waals surface area contributed by atoms with Crippen LogP contribution in [0.2, 0.25) is 0 Å². The third-order valence-electron chi connectivity index (χ3n) is 2.13. The maximum absolute atomic E-state index is 13.3. The molecule has 0 fully saturated rings. The van der Waals surface area contributed by atoms with Gasteiger partial charge in [-0.25, -0.2) is 4.39 Å². The first kappa shape index (κ1) is 16.0. The molecule has 0 aliphatic rings. The number of rotatable bonds is 2. The molecule has 7 heteroatoms. The molecule has 1 aromatic carbocycles. The second-order valence-corrected chi connectivity index (χ2v) is 6.76. The van der Waals surface area contributed by atoms with E-state index in [1.165, 1.54) is 0 Å². The van der Waals surface area contributed by atoms with Gasteiger partial charge >= 0.3 is 6.18 Å². The normalized spacial score (nSPS) is 14.9. The van der Waals surface area contributed by atoms with Gasteiger partial charge in [0.15, 0.2) is 0 Å². The van der Waals surface area contributed by atoms with Gasteiger partial charge in [0.1, 0.15) is 21.9 Å². The van der Waals surface area contributed by atoms with Gasteiger partial charge in [-0.15, -0.1) is 0 Å². The first-order chi connectivity index (χ1) is 8.51. The van der Waals surface area contributed by atoms with Gasteiger partial charge in [-0.05, 0) is 39.0 Å². The minimum Gasteiger partial charge on any atom is -0.591 e. The van der Waals surface area contributed by atoms with E-state index in [9.17, 15) is 22.1 Å². The van der Waals surface area contributed by atoms with Gasteiger partial charge < -0.3 is 4.55 Å². The molecule has 19 heavy (non-hydrogen) atoms. The Kier molecular flexibility index (Phi) is 4.63. The maximum atomic E-state index is 13.3. The highest BCUT2D eigenvalue weighted by atomic mass is 32.2. The van der Waals surface area contributed by atoms with E-state index in [1.54, 1.807) is 20.8 Å². The molecule has 1 aromatic rings. The number of benzene rings is 1. The Bertz CT molecular complexity index is 480. The van der Waals surface area contributed by atoms with Crippen LogP contribution in [0.4, 0.5) is 17.6 Å². The van der Waals surface area contributed by atoms with Gasteiger partial charge in [-0.1, -0.05) is 4.40 Å². The summed E-state index contributed by atoms with van der Waals surface area (Å²) in [6, 6.07) is 2.00. The van der Waals surface area contributed by atoms with Crippen LogP contribution in [0.5, 0.6) is 0 Å². The Balaban J connectivity index is 3.05. The summed E-state index contributed by atoms with van der Waals surface area (Å²) < 4.78 is 65.3. The van der Waals surface area contributed by atoms with E-state index < -0.39 is 33.7 Å². The molecular weight excluding hydrogens is 282 g/mol. The van der Waals surface area contributed by atoms with Crippen molar-refractivity contribution in [3.8, 4) is 0 Å². The van der Waals surface area contributed by atoms with Crippen LogP contribution in [0, 0.1) is 5.82 Å². The Morgan fingerprint density at radius 1 is 1.21 bits per heavy atom. The molecule has 1 rings (SSSR count). The second-order valence-electron chi connectivity index (χ2n) is 4.83. The summed E-state index contributed by atoms with van der Waals surface area (Å²) in [7, 11) is 0. The summed E-state index contributed by atoms with van der Waals surface area (Å²) in [6.45, 7) is 4.97. The third-order valence-corrected chi connectivity index (χ3v) is 3.48. The van der Waals surface area contributed by atoms with Crippen molar-refractivity contribution in [2.24, 2.45) is 4.40 Å². The molecule has 0 amide bonds. The monoisotopic (exact) mass is 295 g/mol. The molecule has 0 aliphatic carbocycles. The first-order valence-electron chi connectivity index (χ1n) is 5.34. The Hall–Kier alpha value is -1.08. The predicted molar refractivity (Wildman–Crippen MR) is 66.9 cm³/mol. The van der Waals surface area contributed by atoms with Crippen molar-refractivity contribution in [1.82, 2.24) is 0 Å². The fraction of sp³-hybridized carbons (Fsp3) is 0.417. The lowest BCUT2D eigenvalue weighted by molar-refractivity contribution is -0.137. The molecule has 0 heterocycles. The number of alkyl halides is 3.